The Balaban J connectivity index is 1.46. The van der Waals surface area contributed by atoms with Crippen LogP contribution in [0.3, 0.4) is 0 Å². The van der Waals surface area contributed by atoms with Gasteiger partial charge in [0.05, 0.1) is 11.8 Å². The molecule has 0 spiro atoms. The second-order valence-electron chi connectivity index (χ2n) is 5.92. The van der Waals surface area contributed by atoms with E-state index >= 15 is 0 Å². The van der Waals surface area contributed by atoms with Crippen LogP contribution in [0.5, 0.6) is 5.75 Å². The first-order valence-corrected chi connectivity index (χ1v) is 8.78. The molecule has 23 heavy (non-hydrogen) atoms. The minimum absolute atomic E-state index is 0.670. The largest absolute Gasteiger partial charge is 0.494 e. The lowest BCUT2D eigenvalue weighted by Crippen LogP contribution is -2.48. The maximum Gasteiger partial charge on any atom is 0.186 e. The first-order chi connectivity index (χ1) is 11.3. The molecule has 6 heteroatoms. The molecule has 1 aliphatic heterocycles. The fourth-order valence-electron chi connectivity index (χ4n) is 3.15. The molecular formula is C17H20N4OS. The zero-order valence-electron chi connectivity index (χ0n) is 13.4. The highest BCUT2D eigenvalue weighted by Gasteiger charge is 2.29. The number of ether oxygens (including phenoxy) is 1. The Morgan fingerprint density at radius 1 is 1.35 bits per heavy atom. The van der Waals surface area contributed by atoms with E-state index in [2.05, 4.69) is 33.6 Å². The third-order valence-electron chi connectivity index (χ3n) is 4.39. The quantitative estimate of drug-likeness (QED) is 0.721. The van der Waals surface area contributed by atoms with E-state index in [1.165, 1.54) is 10.5 Å². The molecule has 1 aromatic carbocycles. The summed E-state index contributed by atoms with van der Waals surface area (Å²) in [5, 5.41) is 1.10. The predicted molar refractivity (Wildman–Crippen MR) is 93.5 cm³/mol. The number of nitrogens with zero attached hydrogens (tertiary/aromatic N) is 4. The third kappa shape index (κ3) is 2.57. The standard InChI is InChI=1S/C17H20N4OS/c1-3-15-18-7-8-20(15)9-12-10-21(11-12)17-19-16-13(22-2)5-4-6-14(16)23-17/h4-8,12H,3,9-11H2,1-2H3. The van der Waals surface area contributed by atoms with E-state index < -0.39 is 0 Å². The molecule has 3 heterocycles. The molecule has 1 fully saturated rings. The highest BCUT2D eigenvalue weighted by molar-refractivity contribution is 7.22. The summed E-state index contributed by atoms with van der Waals surface area (Å²) >= 11 is 1.74. The molecule has 5 nitrogen and oxygen atoms in total. The van der Waals surface area contributed by atoms with Crippen molar-refractivity contribution in [3.8, 4) is 5.75 Å². The first kappa shape index (κ1) is 14.5. The zero-order valence-corrected chi connectivity index (χ0v) is 14.2. The predicted octanol–water partition coefficient (Wildman–Crippen LogP) is 3.20. The number of anilines is 1. The van der Waals surface area contributed by atoms with Gasteiger partial charge in [0.25, 0.3) is 0 Å². The van der Waals surface area contributed by atoms with Crippen molar-refractivity contribution in [1.82, 2.24) is 14.5 Å². The lowest BCUT2D eigenvalue weighted by molar-refractivity contribution is 0.353. The number of thiazole rings is 1. The van der Waals surface area contributed by atoms with E-state index in [4.69, 9.17) is 9.72 Å². The maximum atomic E-state index is 5.40. The molecule has 3 aromatic rings. The van der Waals surface area contributed by atoms with Gasteiger partial charge in [-0.05, 0) is 12.1 Å². The summed E-state index contributed by atoms with van der Waals surface area (Å²) in [6, 6.07) is 6.10. The third-order valence-corrected chi connectivity index (χ3v) is 5.47. The van der Waals surface area contributed by atoms with Crippen LogP contribution >= 0.6 is 11.3 Å². The molecule has 0 saturated carbocycles. The zero-order chi connectivity index (χ0) is 15.8. The van der Waals surface area contributed by atoms with E-state index in [-0.39, 0.29) is 0 Å². The molecule has 0 unspecified atom stereocenters. The highest BCUT2D eigenvalue weighted by Crippen LogP contribution is 2.36. The summed E-state index contributed by atoms with van der Waals surface area (Å²) in [6.45, 7) is 5.32. The van der Waals surface area contributed by atoms with Gasteiger partial charge < -0.3 is 14.2 Å². The van der Waals surface area contributed by atoms with Gasteiger partial charge in [0.2, 0.25) is 0 Å². The molecule has 0 aliphatic carbocycles. The average molecular weight is 328 g/mol. The van der Waals surface area contributed by atoms with Crippen molar-refractivity contribution in [3.05, 3.63) is 36.4 Å². The number of fused-ring (bicyclic) bond motifs is 1. The van der Waals surface area contributed by atoms with Gasteiger partial charge in [-0.15, -0.1) is 0 Å². The topological polar surface area (TPSA) is 43.2 Å². The Morgan fingerprint density at radius 3 is 3.00 bits per heavy atom. The van der Waals surface area contributed by atoms with Crippen molar-refractivity contribution in [2.45, 2.75) is 19.9 Å². The number of aryl methyl sites for hydroxylation is 1. The Kier molecular flexibility index (Phi) is 3.69. The minimum atomic E-state index is 0.670. The van der Waals surface area contributed by atoms with E-state index in [1.54, 1.807) is 18.4 Å². The SMILES string of the molecule is CCc1nccn1CC1CN(c2nc3c(OC)cccc3s2)C1. The summed E-state index contributed by atoms with van der Waals surface area (Å²) in [5.74, 6) is 2.70. The van der Waals surface area contributed by atoms with E-state index in [0.717, 1.165) is 42.5 Å². The molecule has 0 atom stereocenters. The maximum absolute atomic E-state index is 5.40. The van der Waals surface area contributed by atoms with Gasteiger partial charge in [-0.2, -0.15) is 0 Å². The molecule has 1 saturated heterocycles. The molecule has 0 radical (unpaired) electrons. The number of rotatable bonds is 5. The van der Waals surface area contributed by atoms with Crippen LogP contribution in [0.4, 0.5) is 5.13 Å². The summed E-state index contributed by atoms with van der Waals surface area (Å²) in [5.41, 5.74) is 0.973. The number of aromatic nitrogens is 3. The van der Waals surface area contributed by atoms with Gasteiger partial charge >= 0.3 is 0 Å². The van der Waals surface area contributed by atoms with Gasteiger partial charge in [0.1, 0.15) is 17.1 Å². The minimum Gasteiger partial charge on any atom is -0.494 e. The van der Waals surface area contributed by atoms with Gasteiger partial charge in [-0.3, -0.25) is 0 Å². The number of hydrogen-bond donors (Lipinski definition) is 0. The smallest absolute Gasteiger partial charge is 0.186 e. The van der Waals surface area contributed by atoms with Crippen molar-refractivity contribution in [1.29, 1.82) is 0 Å². The van der Waals surface area contributed by atoms with Gasteiger partial charge in [-0.1, -0.05) is 24.3 Å². The van der Waals surface area contributed by atoms with Crippen LogP contribution < -0.4 is 9.64 Å². The Morgan fingerprint density at radius 2 is 2.22 bits per heavy atom. The Hall–Kier alpha value is -2.08. The molecule has 1 aliphatic rings. The van der Waals surface area contributed by atoms with Crippen LogP contribution in [-0.4, -0.2) is 34.7 Å². The van der Waals surface area contributed by atoms with Crippen molar-refractivity contribution in [2.75, 3.05) is 25.1 Å². The molecule has 2 aromatic heterocycles. The molecule has 120 valence electrons. The number of methoxy groups -OCH3 is 1. The van der Waals surface area contributed by atoms with E-state index in [1.807, 2.05) is 18.3 Å². The van der Waals surface area contributed by atoms with Gasteiger partial charge in [-0.25, -0.2) is 9.97 Å². The van der Waals surface area contributed by atoms with Crippen molar-refractivity contribution in [2.24, 2.45) is 5.92 Å². The lowest BCUT2D eigenvalue weighted by Gasteiger charge is -2.39. The van der Waals surface area contributed by atoms with Crippen LogP contribution in [0.15, 0.2) is 30.6 Å². The van der Waals surface area contributed by atoms with Crippen molar-refractivity contribution < 1.29 is 4.74 Å². The van der Waals surface area contributed by atoms with Gasteiger partial charge in [0, 0.05) is 44.4 Å². The number of hydrogen-bond acceptors (Lipinski definition) is 5. The second-order valence-corrected chi connectivity index (χ2v) is 6.93. The Bertz CT molecular complexity index is 819. The second kappa shape index (κ2) is 5.85. The number of imidazole rings is 1. The van der Waals surface area contributed by atoms with Crippen LogP contribution in [0.25, 0.3) is 10.2 Å². The van der Waals surface area contributed by atoms with Crippen LogP contribution in [-0.2, 0) is 13.0 Å². The average Bonchev–Trinajstić information content (AvgIpc) is 3.15. The van der Waals surface area contributed by atoms with Crippen LogP contribution in [0.1, 0.15) is 12.7 Å². The summed E-state index contributed by atoms with van der Waals surface area (Å²) in [7, 11) is 1.70. The number of para-hydroxylation sites is 1. The number of benzene rings is 1. The Labute approximate surface area is 139 Å². The normalized spacial score (nSPS) is 15.1. The molecule has 0 amide bonds. The summed E-state index contributed by atoms with van der Waals surface area (Å²) in [6.07, 6.45) is 4.97. The lowest BCUT2D eigenvalue weighted by atomic mass is 10.0. The van der Waals surface area contributed by atoms with Crippen LogP contribution in [0, 0.1) is 5.92 Å². The van der Waals surface area contributed by atoms with Gasteiger partial charge in [0.15, 0.2) is 5.13 Å². The fourth-order valence-corrected chi connectivity index (χ4v) is 4.15. The van der Waals surface area contributed by atoms with E-state index in [0.29, 0.717) is 5.92 Å². The van der Waals surface area contributed by atoms with E-state index in [9.17, 15) is 0 Å². The summed E-state index contributed by atoms with van der Waals surface area (Å²) < 4.78 is 8.87. The van der Waals surface area contributed by atoms with Crippen molar-refractivity contribution in [3.63, 3.8) is 0 Å². The highest BCUT2D eigenvalue weighted by atomic mass is 32.1. The monoisotopic (exact) mass is 328 g/mol. The van der Waals surface area contributed by atoms with Crippen LogP contribution in [0.2, 0.25) is 0 Å². The fraction of sp³-hybridized carbons (Fsp3) is 0.412. The molecular weight excluding hydrogens is 308 g/mol. The first-order valence-electron chi connectivity index (χ1n) is 7.97. The molecule has 4 rings (SSSR count). The molecule has 0 N–H and O–H groups in total. The molecule has 0 bridgehead atoms. The van der Waals surface area contributed by atoms with Crippen molar-refractivity contribution >= 4 is 26.7 Å². The summed E-state index contributed by atoms with van der Waals surface area (Å²) in [4.78, 5) is 11.5.